The monoisotopic (exact) mass is 369 g/mol. The molecule has 2 aromatic carbocycles. The zero-order chi connectivity index (χ0) is 18.5. The number of nitrogens with zero attached hydrogens (tertiary/aromatic N) is 3. The third-order valence-corrected chi connectivity index (χ3v) is 4.87. The number of aromatic nitrogens is 2. The molecule has 136 valence electrons. The van der Waals surface area contributed by atoms with E-state index < -0.39 is 0 Å². The van der Waals surface area contributed by atoms with Crippen LogP contribution >= 0.6 is 11.8 Å². The summed E-state index contributed by atoms with van der Waals surface area (Å²) in [6.07, 6.45) is 2.04. The van der Waals surface area contributed by atoms with Gasteiger partial charge in [0.25, 0.3) is 0 Å². The normalized spacial score (nSPS) is 10.9. The van der Waals surface area contributed by atoms with E-state index in [-0.39, 0.29) is 12.5 Å². The molecule has 1 heterocycles. The van der Waals surface area contributed by atoms with Crippen LogP contribution in [0.1, 0.15) is 11.4 Å². The molecule has 3 rings (SSSR count). The fourth-order valence-electron chi connectivity index (χ4n) is 2.97. The topological polar surface area (TPSA) is 47.4 Å². The second-order valence-electron chi connectivity index (χ2n) is 6.10. The van der Waals surface area contributed by atoms with Gasteiger partial charge in [-0.3, -0.25) is 4.79 Å². The van der Waals surface area contributed by atoms with Crippen molar-refractivity contribution in [2.24, 2.45) is 0 Å². The van der Waals surface area contributed by atoms with Gasteiger partial charge in [0, 0.05) is 19.2 Å². The lowest BCUT2D eigenvalue weighted by atomic mass is 10.2. The quantitative estimate of drug-likeness (QED) is 0.639. The molecule has 6 heteroatoms. The molecule has 0 saturated carbocycles. The molecule has 0 fully saturated rings. The number of thioether (sulfide) groups is 1. The van der Waals surface area contributed by atoms with Gasteiger partial charge in [-0.25, -0.2) is 4.98 Å². The van der Waals surface area contributed by atoms with E-state index in [1.807, 2.05) is 66.4 Å². The van der Waals surface area contributed by atoms with E-state index in [0.29, 0.717) is 6.54 Å². The molecule has 5 nitrogen and oxygen atoms in total. The summed E-state index contributed by atoms with van der Waals surface area (Å²) in [4.78, 5) is 19.3. The Morgan fingerprint density at radius 3 is 2.69 bits per heavy atom. The minimum Gasteiger partial charge on any atom is -0.496 e. The Kier molecular flexibility index (Phi) is 5.83. The first-order chi connectivity index (χ1) is 12.6. The van der Waals surface area contributed by atoms with Crippen LogP contribution in [0.2, 0.25) is 0 Å². The average molecular weight is 369 g/mol. The predicted molar refractivity (Wildman–Crippen MR) is 106 cm³/mol. The van der Waals surface area contributed by atoms with Crippen molar-refractivity contribution in [2.75, 3.05) is 20.4 Å². The number of carbonyl (C=O) groups excluding carboxylic acids is 1. The number of fused-ring (bicyclic) bond motifs is 1. The number of methoxy groups -OCH3 is 1. The van der Waals surface area contributed by atoms with Crippen LogP contribution < -0.4 is 4.74 Å². The zero-order valence-electron chi connectivity index (χ0n) is 15.3. The second-order valence-corrected chi connectivity index (χ2v) is 6.96. The Balaban J connectivity index is 1.81. The minimum absolute atomic E-state index is 0.0430. The van der Waals surface area contributed by atoms with Crippen LogP contribution in [0.15, 0.2) is 48.5 Å². The summed E-state index contributed by atoms with van der Waals surface area (Å²) < 4.78 is 7.41. The number of imidazole rings is 1. The van der Waals surface area contributed by atoms with E-state index in [0.717, 1.165) is 33.9 Å². The predicted octanol–water partition coefficient (Wildman–Crippen LogP) is 3.57. The van der Waals surface area contributed by atoms with Crippen LogP contribution in [0.5, 0.6) is 5.75 Å². The number of carbonyl (C=O) groups is 1. The second kappa shape index (κ2) is 8.27. The molecule has 0 saturated heterocycles. The maximum Gasteiger partial charge on any atom is 0.242 e. The summed E-state index contributed by atoms with van der Waals surface area (Å²) in [5.74, 6) is 2.54. The van der Waals surface area contributed by atoms with Crippen molar-refractivity contribution in [3.8, 4) is 5.75 Å². The van der Waals surface area contributed by atoms with E-state index in [1.54, 1.807) is 23.8 Å². The minimum atomic E-state index is 0.0430. The van der Waals surface area contributed by atoms with E-state index >= 15 is 0 Å². The molecule has 0 bridgehead atoms. The van der Waals surface area contributed by atoms with Crippen molar-refractivity contribution >= 4 is 28.7 Å². The summed E-state index contributed by atoms with van der Waals surface area (Å²) >= 11 is 1.70. The lowest BCUT2D eigenvalue weighted by Crippen LogP contribution is -2.30. The number of hydrogen-bond donors (Lipinski definition) is 0. The zero-order valence-corrected chi connectivity index (χ0v) is 16.1. The molecular weight excluding hydrogens is 346 g/mol. The van der Waals surface area contributed by atoms with Crippen LogP contribution in [0.25, 0.3) is 11.0 Å². The number of benzene rings is 2. The largest absolute Gasteiger partial charge is 0.496 e. The van der Waals surface area contributed by atoms with Crippen molar-refractivity contribution in [2.45, 2.75) is 18.8 Å². The van der Waals surface area contributed by atoms with Crippen molar-refractivity contribution in [3.05, 3.63) is 59.9 Å². The summed E-state index contributed by atoms with van der Waals surface area (Å²) in [5, 5.41) is 0. The summed E-state index contributed by atoms with van der Waals surface area (Å²) in [5.41, 5.74) is 2.91. The highest BCUT2D eigenvalue weighted by Crippen LogP contribution is 2.21. The van der Waals surface area contributed by atoms with Gasteiger partial charge in [-0.05, 0) is 24.5 Å². The van der Waals surface area contributed by atoms with Gasteiger partial charge in [0.1, 0.15) is 18.1 Å². The molecule has 0 aliphatic rings. The van der Waals surface area contributed by atoms with Crippen molar-refractivity contribution in [3.63, 3.8) is 0 Å². The van der Waals surface area contributed by atoms with E-state index in [2.05, 4.69) is 4.98 Å². The molecule has 0 aliphatic carbocycles. The maximum atomic E-state index is 12.8. The average Bonchev–Trinajstić information content (AvgIpc) is 3.00. The first kappa shape index (κ1) is 18.3. The van der Waals surface area contributed by atoms with Crippen LogP contribution in [0.3, 0.4) is 0 Å². The number of rotatable bonds is 7. The summed E-state index contributed by atoms with van der Waals surface area (Å²) in [6.45, 7) is 0.787. The van der Waals surface area contributed by atoms with E-state index in [4.69, 9.17) is 4.74 Å². The van der Waals surface area contributed by atoms with Crippen LogP contribution in [-0.4, -0.2) is 40.8 Å². The van der Waals surface area contributed by atoms with E-state index in [9.17, 15) is 4.79 Å². The Labute approximate surface area is 158 Å². The van der Waals surface area contributed by atoms with Crippen molar-refractivity contribution in [1.82, 2.24) is 14.5 Å². The smallest absolute Gasteiger partial charge is 0.242 e. The van der Waals surface area contributed by atoms with E-state index in [1.165, 1.54) is 0 Å². The lowest BCUT2D eigenvalue weighted by Gasteiger charge is -2.20. The maximum absolute atomic E-state index is 12.8. The molecule has 3 aromatic rings. The number of amides is 1. The Bertz CT molecular complexity index is 907. The van der Waals surface area contributed by atoms with Crippen LogP contribution in [-0.2, 0) is 23.6 Å². The van der Waals surface area contributed by atoms with Crippen LogP contribution in [0.4, 0.5) is 0 Å². The van der Waals surface area contributed by atoms with Gasteiger partial charge >= 0.3 is 0 Å². The molecule has 0 atom stereocenters. The molecule has 0 aliphatic heterocycles. The highest BCUT2D eigenvalue weighted by Gasteiger charge is 2.17. The Morgan fingerprint density at radius 1 is 1.19 bits per heavy atom. The standard InChI is InChI=1S/C20H23N3O2S/c1-22(12-15-8-4-7-11-18(15)25-2)20(24)13-23-17-10-6-5-9-16(17)21-19(23)14-26-3/h4-11H,12-14H2,1-3H3. The third kappa shape index (κ3) is 3.85. The molecule has 1 aromatic heterocycles. The van der Waals surface area contributed by atoms with Gasteiger partial charge in [-0.2, -0.15) is 11.8 Å². The fraction of sp³-hybridized carbons (Fsp3) is 0.300. The van der Waals surface area contributed by atoms with Gasteiger partial charge in [0.15, 0.2) is 0 Å². The number of hydrogen-bond acceptors (Lipinski definition) is 4. The molecule has 1 amide bonds. The molecule has 0 spiro atoms. The first-order valence-electron chi connectivity index (χ1n) is 8.43. The Hall–Kier alpha value is -2.47. The van der Waals surface area contributed by atoms with Gasteiger partial charge in [0.2, 0.25) is 5.91 Å². The number of likely N-dealkylation sites (N-methyl/N-ethyl adjacent to an activating group) is 1. The van der Waals surface area contributed by atoms with Crippen molar-refractivity contribution in [1.29, 1.82) is 0 Å². The first-order valence-corrected chi connectivity index (χ1v) is 9.82. The molecule has 0 radical (unpaired) electrons. The Morgan fingerprint density at radius 2 is 1.92 bits per heavy atom. The summed E-state index contributed by atoms with van der Waals surface area (Å²) in [6, 6.07) is 15.7. The molecular formula is C20H23N3O2S. The SMILES string of the molecule is COc1ccccc1CN(C)C(=O)Cn1c(CSC)nc2ccccc21. The molecule has 0 N–H and O–H groups in total. The number of para-hydroxylation sites is 3. The highest BCUT2D eigenvalue weighted by molar-refractivity contribution is 7.97. The number of ether oxygens (including phenoxy) is 1. The molecule has 26 heavy (non-hydrogen) atoms. The third-order valence-electron chi connectivity index (χ3n) is 4.33. The van der Waals surface area contributed by atoms with Gasteiger partial charge in [-0.15, -0.1) is 0 Å². The molecule has 0 unspecified atom stereocenters. The van der Waals surface area contributed by atoms with Crippen molar-refractivity contribution < 1.29 is 9.53 Å². The summed E-state index contributed by atoms with van der Waals surface area (Å²) in [7, 11) is 3.47. The van der Waals surface area contributed by atoms with Gasteiger partial charge in [0.05, 0.1) is 23.9 Å². The highest BCUT2D eigenvalue weighted by atomic mass is 32.2. The van der Waals surface area contributed by atoms with Gasteiger partial charge < -0.3 is 14.2 Å². The fourth-order valence-corrected chi connectivity index (χ4v) is 3.45. The van der Waals surface area contributed by atoms with Crippen LogP contribution in [0, 0.1) is 0 Å². The lowest BCUT2D eigenvalue weighted by molar-refractivity contribution is -0.131. The van der Waals surface area contributed by atoms with Gasteiger partial charge in [-0.1, -0.05) is 30.3 Å².